The largest absolute Gasteiger partial charge is 0.496 e. The van der Waals surface area contributed by atoms with Crippen LogP contribution in [0, 0.1) is 0 Å². The minimum absolute atomic E-state index is 0. The van der Waals surface area contributed by atoms with Gasteiger partial charge in [0.25, 0.3) is 5.91 Å². The van der Waals surface area contributed by atoms with Gasteiger partial charge in [0.1, 0.15) is 10.6 Å². The van der Waals surface area contributed by atoms with Gasteiger partial charge in [0.05, 0.1) is 12.1 Å². The van der Waals surface area contributed by atoms with Crippen LogP contribution in [0.5, 0.6) is 5.75 Å². The molecule has 4 aromatic rings. The minimum Gasteiger partial charge on any atom is -0.496 e. The van der Waals surface area contributed by atoms with Crippen molar-refractivity contribution >= 4 is 51.3 Å². The molecule has 1 saturated carbocycles. The van der Waals surface area contributed by atoms with Crippen LogP contribution in [-0.2, 0) is 6.54 Å². The number of hydrogen-bond donors (Lipinski definition) is 1. The Labute approximate surface area is 234 Å². The van der Waals surface area contributed by atoms with Crippen LogP contribution in [0.15, 0.2) is 72.8 Å². The molecule has 1 amide bonds. The lowest BCUT2D eigenvalue weighted by Gasteiger charge is -2.37. The third-order valence-corrected chi connectivity index (χ3v) is 8.93. The number of halogens is 2. The Morgan fingerprint density at radius 3 is 2.38 bits per heavy atom. The third-order valence-electron chi connectivity index (χ3n) is 7.26. The smallest absolute Gasteiger partial charge is 0.266 e. The molecular weight excluding hydrogens is 523 g/mol. The second kappa shape index (κ2) is 12.3. The number of methoxy groups -OCH3 is 1. The maximum atomic E-state index is 14.1. The van der Waals surface area contributed by atoms with Crippen molar-refractivity contribution in [2.45, 2.75) is 44.3 Å². The predicted molar refractivity (Wildman–Crippen MR) is 157 cm³/mol. The summed E-state index contributed by atoms with van der Waals surface area (Å²) in [6.07, 6.45) is 4.01. The van der Waals surface area contributed by atoms with Gasteiger partial charge in [0.2, 0.25) is 0 Å². The summed E-state index contributed by atoms with van der Waals surface area (Å²) in [6, 6.07) is 25.1. The topological polar surface area (TPSA) is 41.6 Å². The average Bonchev–Trinajstić information content (AvgIpc) is 3.28. The summed E-state index contributed by atoms with van der Waals surface area (Å²) in [5.41, 5.74) is 3.25. The second-order valence-corrected chi connectivity index (χ2v) is 10.8. The fraction of sp³-hybridized carbons (Fsp3) is 0.300. The molecule has 0 spiro atoms. The van der Waals surface area contributed by atoms with Gasteiger partial charge in [0.15, 0.2) is 0 Å². The number of carbonyl (C=O) groups is 1. The quantitative estimate of drug-likeness (QED) is 0.253. The molecule has 0 aliphatic heterocycles. The van der Waals surface area contributed by atoms with E-state index >= 15 is 0 Å². The number of thiophene rings is 1. The van der Waals surface area contributed by atoms with Crippen molar-refractivity contribution in [1.82, 2.24) is 10.2 Å². The molecule has 1 N–H and O–H groups in total. The van der Waals surface area contributed by atoms with Gasteiger partial charge in [-0.1, -0.05) is 66.2 Å². The number of nitrogens with zero attached hydrogens (tertiary/aromatic N) is 1. The van der Waals surface area contributed by atoms with Crippen LogP contribution in [-0.4, -0.2) is 37.0 Å². The highest BCUT2D eigenvalue weighted by Crippen LogP contribution is 2.38. The molecule has 1 aliphatic rings. The molecule has 3 aromatic carbocycles. The maximum absolute atomic E-state index is 14.1. The van der Waals surface area contributed by atoms with E-state index in [2.05, 4.69) is 29.6 Å². The van der Waals surface area contributed by atoms with Crippen molar-refractivity contribution in [2.75, 3.05) is 14.2 Å². The van der Waals surface area contributed by atoms with E-state index in [9.17, 15) is 4.79 Å². The molecule has 194 valence electrons. The van der Waals surface area contributed by atoms with E-state index < -0.39 is 0 Å². The molecule has 0 unspecified atom stereocenters. The van der Waals surface area contributed by atoms with Crippen LogP contribution in [0.25, 0.3) is 21.2 Å². The van der Waals surface area contributed by atoms with E-state index in [1.54, 1.807) is 7.11 Å². The summed E-state index contributed by atoms with van der Waals surface area (Å²) in [4.78, 5) is 16.8. The minimum atomic E-state index is 0. The zero-order chi connectivity index (χ0) is 25.1. The van der Waals surface area contributed by atoms with Crippen LogP contribution in [0.2, 0.25) is 5.02 Å². The third kappa shape index (κ3) is 5.80. The van der Waals surface area contributed by atoms with Gasteiger partial charge in [-0.25, -0.2) is 0 Å². The lowest BCUT2D eigenvalue weighted by molar-refractivity contribution is 0.0604. The van der Waals surface area contributed by atoms with Gasteiger partial charge >= 0.3 is 0 Å². The molecular formula is C30H32Cl2N2O2S. The lowest BCUT2D eigenvalue weighted by Crippen LogP contribution is -2.44. The Balaban J connectivity index is 0.00000320. The maximum Gasteiger partial charge on any atom is 0.266 e. The average molecular weight is 556 g/mol. The molecule has 37 heavy (non-hydrogen) atoms. The first-order chi connectivity index (χ1) is 17.6. The first kappa shape index (κ1) is 27.5. The highest BCUT2D eigenvalue weighted by molar-refractivity contribution is 7.21. The first-order valence-electron chi connectivity index (χ1n) is 12.5. The van der Waals surface area contributed by atoms with Crippen molar-refractivity contribution in [3.05, 3.63) is 88.3 Å². The fourth-order valence-corrected chi connectivity index (χ4v) is 6.69. The van der Waals surface area contributed by atoms with Crippen LogP contribution < -0.4 is 10.1 Å². The normalized spacial score (nSPS) is 17.3. The van der Waals surface area contributed by atoms with Crippen molar-refractivity contribution in [1.29, 1.82) is 0 Å². The van der Waals surface area contributed by atoms with Gasteiger partial charge < -0.3 is 15.0 Å². The molecule has 0 atom stereocenters. The Bertz CT molecular complexity index is 1350. The summed E-state index contributed by atoms with van der Waals surface area (Å²) in [7, 11) is 3.71. The number of ether oxygens (including phenoxy) is 1. The summed E-state index contributed by atoms with van der Waals surface area (Å²) in [5.74, 6) is 0.792. The highest BCUT2D eigenvalue weighted by atomic mass is 35.5. The summed E-state index contributed by atoms with van der Waals surface area (Å²) < 4.78 is 6.78. The predicted octanol–water partition coefficient (Wildman–Crippen LogP) is 7.83. The first-order valence-corrected chi connectivity index (χ1v) is 13.7. The number of rotatable bonds is 7. The van der Waals surface area contributed by atoms with Crippen molar-refractivity contribution in [3.63, 3.8) is 0 Å². The number of amides is 1. The van der Waals surface area contributed by atoms with Crippen LogP contribution in [0.4, 0.5) is 0 Å². The van der Waals surface area contributed by atoms with E-state index in [4.69, 9.17) is 16.3 Å². The molecule has 1 aromatic heterocycles. The fourth-order valence-electron chi connectivity index (χ4n) is 5.22. The summed E-state index contributed by atoms with van der Waals surface area (Å²) >= 11 is 8.26. The highest BCUT2D eigenvalue weighted by Gasteiger charge is 2.32. The van der Waals surface area contributed by atoms with Crippen LogP contribution in [0.1, 0.15) is 40.9 Å². The zero-order valence-electron chi connectivity index (χ0n) is 21.1. The molecule has 5 rings (SSSR count). The number of hydrogen-bond acceptors (Lipinski definition) is 4. The number of fused-ring (bicyclic) bond motifs is 1. The summed E-state index contributed by atoms with van der Waals surface area (Å²) in [6.45, 7) is 0.474. The molecule has 1 fully saturated rings. The van der Waals surface area contributed by atoms with Gasteiger partial charge in [0, 0.05) is 34.3 Å². The SMILES string of the molecule is CNC1CCC(N(Cc2cc(-c3ccccc3)ccc2OC)C(=O)c2sc3ccccc3c2Cl)CC1.Cl. The number of carbonyl (C=O) groups excluding carboxylic acids is 1. The van der Waals surface area contributed by atoms with Gasteiger partial charge in [-0.05, 0) is 62.1 Å². The Morgan fingerprint density at radius 1 is 1.00 bits per heavy atom. The molecule has 0 bridgehead atoms. The Morgan fingerprint density at radius 2 is 1.70 bits per heavy atom. The van der Waals surface area contributed by atoms with E-state index in [0.717, 1.165) is 58.2 Å². The van der Waals surface area contributed by atoms with Gasteiger partial charge in [-0.2, -0.15) is 0 Å². The second-order valence-electron chi connectivity index (χ2n) is 9.36. The van der Waals surface area contributed by atoms with Crippen LogP contribution in [0.3, 0.4) is 0 Å². The molecule has 0 saturated heterocycles. The Kier molecular flexibility index (Phi) is 9.14. The van der Waals surface area contributed by atoms with Gasteiger partial charge in [-0.3, -0.25) is 4.79 Å². The molecule has 7 heteroatoms. The number of benzene rings is 3. The molecule has 1 aliphatic carbocycles. The van der Waals surface area contributed by atoms with E-state index in [-0.39, 0.29) is 24.4 Å². The molecule has 0 radical (unpaired) electrons. The monoisotopic (exact) mass is 554 g/mol. The van der Waals surface area contributed by atoms with Gasteiger partial charge in [-0.15, -0.1) is 23.7 Å². The van der Waals surface area contributed by atoms with E-state index in [0.29, 0.717) is 22.5 Å². The van der Waals surface area contributed by atoms with Crippen molar-refractivity contribution < 1.29 is 9.53 Å². The Hall–Kier alpha value is -2.57. The zero-order valence-corrected chi connectivity index (χ0v) is 23.5. The van der Waals surface area contributed by atoms with E-state index in [1.807, 2.05) is 60.5 Å². The van der Waals surface area contributed by atoms with Crippen molar-refractivity contribution in [2.24, 2.45) is 0 Å². The summed E-state index contributed by atoms with van der Waals surface area (Å²) in [5, 5.41) is 4.90. The molecule has 1 heterocycles. The number of nitrogens with one attached hydrogen (secondary N) is 1. The van der Waals surface area contributed by atoms with E-state index in [1.165, 1.54) is 11.3 Å². The van der Waals surface area contributed by atoms with Crippen molar-refractivity contribution in [3.8, 4) is 16.9 Å². The standard InChI is InChI=1S/C30H31ClN2O2S.ClH/c1-32-23-13-15-24(16-14-23)33(30(34)29-28(31)25-10-6-7-11-27(25)36-29)19-22-18-21(12-17-26(22)35-2)20-8-4-3-5-9-20;/h3-12,17-18,23-24,32H,13-16,19H2,1-2H3;1H. The lowest BCUT2D eigenvalue weighted by atomic mass is 9.89. The molecule has 4 nitrogen and oxygen atoms in total. The van der Waals surface area contributed by atoms with Crippen LogP contribution >= 0.6 is 35.3 Å².